The van der Waals surface area contributed by atoms with Crippen LogP contribution in [0.15, 0.2) is 54.6 Å². The molecule has 0 saturated heterocycles. The van der Waals surface area contributed by atoms with Crippen molar-refractivity contribution in [2.45, 2.75) is 13.1 Å². The number of likely N-dealkylation sites (N-methyl/N-ethyl adjacent to an activating group) is 1. The predicted octanol–water partition coefficient (Wildman–Crippen LogP) is 3.09. The van der Waals surface area contributed by atoms with Gasteiger partial charge in [-0.3, -0.25) is 9.69 Å². The zero-order chi connectivity index (χ0) is 15.1. The van der Waals surface area contributed by atoms with Crippen molar-refractivity contribution in [3.8, 4) is 0 Å². The smallest absolute Gasteiger partial charge is 0.234 e. The summed E-state index contributed by atoms with van der Waals surface area (Å²) in [6.45, 7) is 1.55. The number of rotatable bonds is 6. The van der Waals surface area contributed by atoms with E-state index in [0.29, 0.717) is 19.6 Å². The normalized spacial score (nSPS) is 10.6. The third-order valence-corrected chi connectivity index (χ3v) is 3.51. The molecule has 0 fully saturated rings. The number of carbonyl (C=O) groups excluding carboxylic acids is 1. The van der Waals surface area contributed by atoms with Crippen molar-refractivity contribution < 1.29 is 4.79 Å². The molecule has 21 heavy (non-hydrogen) atoms. The van der Waals surface area contributed by atoms with Gasteiger partial charge in [-0.05, 0) is 24.2 Å². The van der Waals surface area contributed by atoms with Crippen LogP contribution in [0.2, 0.25) is 5.02 Å². The fourth-order valence-corrected chi connectivity index (χ4v) is 2.27. The lowest BCUT2D eigenvalue weighted by Gasteiger charge is -2.17. The van der Waals surface area contributed by atoms with E-state index in [4.69, 9.17) is 11.6 Å². The first kappa shape index (κ1) is 15.5. The Kier molecular flexibility index (Phi) is 5.78. The van der Waals surface area contributed by atoms with E-state index in [1.165, 1.54) is 0 Å². The summed E-state index contributed by atoms with van der Waals surface area (Å²) in [6, 6.07) is 17.6. The molecule has 0 aromatic heterocycles. The van der Waals surface area contributed by atoms with Gasteiger partial charge in [0.15, 0.2) is 0 Å². The number of hydrogen-bond acceptors (Lipinski definition) is 2. The van der Waals surface area contributed by atoms with Gasteiger partial charge in [-0.25, -0.2) is 0 Å². The van der Waals surface area contributed by atoms with Crippen molar-refractivity contribution in [2.24, 2.45) is 0 Å². The maximum Gasteiger partial charge on any atom is 0.234 e. The van der Waals surface area contributed by atoms with Crippen molar-refractivity contribution in [1.82, 2.24) is 10.2 Å². The molecule has 2 aromatic rings. The van der Waals surface area contributed by atoms with E-state index >= 15 is 0 Å². The van der Waals surface area contributed by atoms with Crippen LogP contribution in [0, 0.1) is 0 Å². The van der Waals surface area contributed by atoms with Gasteiger partial charge in [0.05, 0.1) is 6.54 Å². The Morgan fingerprint density at radius 2 is 1.76 bits per heavy atom. The summed E-state index contributed by atoms with van der Waals surface area (Å²) in [5.41, 5.74) is 2.12. The van der Waals surface area contributed by atoms with Crippen LogP contribution in [0.4, 0.5) is 0 Å². The topological polar surface area (TPSA) is 32.3 Å². The van der Waals surface area contributed by atoms with Crippen molar-refractivity contribution in [1.29, 1.82) is 0 Å². The van der Waals surface area contributed by atoms with Gasteiger partial charge in [0, 0.05) is 18.1 Å². The number of benzene rings is 2. The van der Waals surface area contributed by atoms with Gasteiger partial charge in [-0.15, -0.1) is 0 Å². The van der Waals surface area contributed by atoms with Gasteiger partial charge in [-0.1, -0.05) is 60.1 Å². The summed E-state index contributed by atoms with van der Waals surface area (Å²) in [6.07, 6.45) is 0. The molecular formula is C17H19ClN2O. The molecule has 4 heteroatoms. The SMILES string of the molecule is CN(CC(=O)NCc1ccccc1)Cc1ccccc1Cl. The van der Waals surface area contributed by atoms with E-state index in [1.807, 2.05) is 66.5 Å². The van der Waals surface area contributed by atoms with Crippen LogP contribution in [-0.4, -0.2) is 24.4 Å². The molecule has 0 aliphatic rings. The van der Waals surface area contributed by atoms with E-state index in [-0.39, 0.29) is 5.91 Å². The van der Waals surface area contributed by atoms with Crippen molar-refractivity contribution in [3.05, 3.63) is 70.7 Å². The van der Waals surface area contributed by atoms with Crippen LogP contribution in [0.25, 0.3) is 0 Å². The lowest BCUT2D eigenvalue weighted by molar-refractivity contribution is -0.122. The van der Waals surface area contributed by atoms with Crippen molar-refractivity contribution in [3.63, 3.8) is 0 Å². The second kappa shape index (κ2) is 7.81. The number of nitrogens with one attached hydrogen (secondary N) is 1. The van der Waals surface area contributed by atoms with E-state index in [0.717, 1.165) is 16.1 Å². The highest BCUT2D eigenvalue weighted by Gasteiger charge is 2.08. The van der Waals surface area contributed by atoms with E-state index in [2.05, 4.69) is 5.32 Å². The second-order valence-electron chi connectivity index (χ2n) is 5.03. The van der Waals surface area contributed by atoms with Crippen LogP contribution >= 0.6 is 11.6 Å². The minimum absolute atomic E-state index is 0.00778. The Labute approximate surface area is 130 Å². The maximum atomic E-state index is 11.9. The lowest BCUT2D eigenvalue weighted by Crippen LogP contribution is -2.34. The maximum absolute atomic E-state index is 11.9. The van der Waals surface area contributed by atoms with Gasteiger partial charge in [0.25, 0.3) is 0 Å². The highest BCUT2D eigenvalue weighted by atomic mass is 35.5. The van der Waals surface area contributed by atoms with Gasteiger partial charge in [0.2, 0.25) is 5.91 Å². The molecule has 1 N–H and O–H groups in total. The highest BCUT2D eigenvalue weighted by Crippen LogP contribution is 2.16. The van der Waals surface area contributed by atoms with E-state index in [9.17, 15) is 4.79 Å². The van der Waals surface area contributed by atoms with Crippen molar-refractivity contribution in [2.75, 3.05) is 13.6 Å². The zero-order valence-electron chi connectivity index (χ0n) is 12.1. The van der Waals surface area contributed by atoms with Gasteiger partial charge in [-0.2, -0.15) is 0 Å². The third-order valence-electron chi connectivity index (χ3n) is 3.14. The molecule has 1 amide bonds. The second-order valence-corrected chi connectivity index (χ2v) is 5.43. The molecule has 0 aliphatic carbocycles. The molecular weight excluding hydrogens is 284 g/mol. The molecule has 0 unspecified atom stereocenters. The molecule has 2 aromatic carbocycles. The van der Waals surface area contributed by atoms with Gasteiger partial charge < -0.3 is 5.32 Å². The number of halogens is 1. The number of nitrogens with zero attached hydrogens (tertiary/aromatic N) is 1. The van der Waals surface area contributed by atoms with Crippen LogP contribution in [0.5, 0.6) is 0 Å². The van der Waals surface area contributed by atoms with Gasteiger partial charge in [0.1, 0.15) is 0 Å². The van der Waals surface area contributed by atoms with Gasteiger partial charge >= 0.3 is 0 Å². The predicted molar refractivity (Wildman–Crippen MR) is 86.1 cm³/mol. The number of carbonyl (C=O) groups is 1. The van der Waals surface area contributed by atoms with E-state index in [1.54, 1.807) is 0 Å². The number of amides is 1. The molecule has 0 heterocycles. The Morgan fingerprint density at radius 3 is 2.48 bits per heavy atom. The average Bonchev–Trinajstić information content (AvgIpc) is 2.48. The highest BCUT2D eigenvalue weighted by molar-refractivity contribution is 6.31. The monoisotopic (exact) mass is 302 g/mol. The Hall–Kier alpha value is -1.84. The standard InChI is InChI=1S/C17H19ClN2O/c1-20(12-15-9-5-6-10-16(15)18)13-17(21)19-11-14-7-3-2-4-8-14/h2-10H,11-13H2,1H3,(H,19,21). The molecule has 3 nitrogen and oxygen atoms in total. The summed E-state index contributed by atoms with van der Waals surface area (Å²) >= 11 is 6.12. The fourth-order valence-electron chi connectivity index (χ4n) is 2.07. The Morgan fingerprint density at radius 1 is 1.10 bits per heavy atom. The first-order chi connectivity index (χ1) is 10.1. The molecule has 0 atom stereocenters. The average molecular weight is 303 g/mol. The minimum atomic E-state index is 0.00778. The summed E-state index contributed by atoms with van der Waals surface area (Å²) in [5, 5.41) is 3.65. The lowest BCUT2D eigenvalue weighted by atomic mass is 10.2. The molecule has 0 bridgehead atoms. The minimum Gasteiger partial charge on any atom is -0.351 e. The molecule has 0 saturated carbocycles. The summed E-state index contributed by atoms with van der Waals surface area (Å²) in [5.74, 6) is 0.00778. The summed E-state index contributed by atoms with van der Waals surface area (Å²) in [4.78, 5) is 13.9. The molecule has 2 rings (SSSR count). The van der Waals surface area contributed by atoms with Crippen LogP contribution in [0.1, 0.15) is 11.1 Å². The third kappa shape index (κ3) is 5.21. The fraction of sp³-hybridized carbons (Fsp3) is 0.235. The zero-order valence-corrected chi connectivity index (χ0v) is 12.8. The Bertz CT molecular complexity index is 586. The Balaban J connectivity index is 1.78. The van der Waals surface area contributed by atoms with Crippen molar-refractivity contribution >= 4 is 17.5 Å². The largest absolute Gasteiger partial charge is 0.351 e. The summed E-state index contributed by atoms with van der Waals surface area (Å²) in [7, 11) is 1.91. The quantitative estimate of drug-likeness (QED) is 0.889. The number of hydrogen-bond donors (Lipinski definition) is 1. The van der Waals surface area contributed by atoms with Crippen LogP contribution in [-0.2, 0) is 17.9 Å². The molecule has 0 radical (unpaired) electrons. The first-order valence-electron chi connectivity index (χ1n) is 6.88. The summed E-state index contributed by atoms with van der Waals surface area (Å²) < 4.78 is 0. The van der Waals surface area contributed by atoms with Crippen LogP contribution < -0.4 is 5.32 Å². The molecule has 110 valence electrons. The molecule has 0 spiro atoms. The van der Waals surface area contributed by atoms with Crippen LogP contribution in [0.3, 0.4) is 0 Å². The molecule has 0 aliphatic heterocycles. The first-order valence-corrected chi connectivity index (χ1v) is 7.25. The van der Waals surface area contributed by atoms with E-state index < -0.39 is 0 Å².